The van der Waals surface area contributed by atoms with Crippen LogP contribution in [0.4, 0.5) is 10.1 Å². The molecule has 1 amide bonds. The van der Waals surface area contributed by atoms with Gasteiger partial charge in [0.25, 0.3) is 0 Å². The summed E-state index contributed by atoms with van der Waals surface area (Å²) in [5, 5.41) is 0. The lowest BCUT2D eigenvalue weighted by Crippen LogP contribution is -2.36. The number of carbonyl (C=O) groups excluding carboxylic acids is 1. The number of carbonyl (C=O) groups is 1. The minimum atomic E-state index is -0.599. The third-order valence-corrected chi connectivity index (χ3v) is 7.17. The lowest BCUT2D eigenvalue weighted by atomic mass is 9.92. The van der Waals surface area contributed by atoms with Crippen molar-refractivity contribution in [3.63, 3.8) is 0 Å². The zero-order valence-electron chi connectivity index (χ0n) is 20.8. The van der Waals surface area contributed by atoms with Crippen LogP contribution < -0.4 is 10.6 Å². The number of morpholine rings is 1. The van der Waals surface area contributed by atoms with Crippen LogP contribution in [0, 0.1) is 24.6 Å². The third-order valence-electron chi connectivity index (χ3n) is 7.17. The van der Waals surface area contributed by atoms with Crippen LogP contribution in [0.2, 0.25) is 0 Å². The fourth-order valence-electron chi connectivity index (χ4n) is 4.70. The molecule has 2 N–H and O–H groups in total. The van der Waals surface area contributed by atoms with E-state index in [0.29, 0.717) is 24.5 Å². The zero-order chi connectivity index (χ0) is 25.4. The van der Waals surface area contributed by atoms with E-state index >= 15 is 4.39 Å². The number of anilines is 1. The Morgan fingerprint density at radius 1 is 1.08 bits per heavy atom. The fourth-order valence-corrected chi connectivity index (χ4v) is 4.70. The molecule has 1 saturated heterocycles. The molecule has 0 atom stereocenters. The predicted octanol–water partition coefficient (Wildman–Crippen LogP) is 4.62. The lowest BCUT2D eigenvalue weighted by Gasteiger charge is -2.29. The SMILES string of the molecule is CC#Cc1ncc(-c2cc(-c3cnc(C4(C)CC4)cc3C(N)=O)c(F)cc2C)cc1N1CCOCC1. The van der Waals surface area contributed by atoms with Crippen molar-refractivity contribution in [2.24, 2.45) is 5.73 Å². The molecule has 2 aliphatic rings. The summed E-state index contributed by atoms with van der Waals surface area (Å²) in [5.74, 6) is 5.00. The van der Waals surface area contributed by atoms with Crippen LogP contribution in [0.3, 0.4) is 0 Å². The molecule has 1 aliphatic heterocycles. The van der Waals surface area contributed by atoms with Crippen molar-refractivity contribution >= 4 is 11.6 Å². The Morgan fingerprint density at radius 2 is 1.83 bits per heavy atom. The number of aromatic nitrogens is 2. The van der Waals surface area contributed by atoms with Gasteiger partial charge in [0.05, 0.1) is 24.5 Å². The van der Waals surface area contributed by atoms with E-state index in [4.69, 9.17) is 10.5 Å². The average molecular weight is 485 g/mol. The standard InChI is InChI=1S/C29H29FN4O2/c1-4-5-25-26(34-8-10-36-11-9-34)13-19(16-32-25)20-14-21(24(30)12-18(20)2)23-17-33-27(29(3)6-7-29)15-22(23)28(31)35/h12-17H,6-11H2,1-3H3,(H2,31,35). The summed E-state index contributed by atoms with van der Waals surface area (Å²) in [7, 11) is 0. The number of nitrogens with two attached hydrogens (primary N) is 1. The summed E-state index contributed by atoms with van der Waals surface area (Å²) in [6.07, 6.45) is 5.36. The van der Waals surface area contributed by atoms with Crippen molar-refractivity contribution in [1.29, 1.82) is 0 Å². The number of halogens is 1. The van der Waals surface area contributed by atoms with Gasteiger partial charge in [-0.05, 0) is 68.0 Å². The van der Waals surface area contributed by atoms with Gasteiger partial charge >= 0.3 is 0 Å². The van der Waals surface area contributed by atoms with E-state index in [1.807, 2.05) is 13.0 Å². The highest BCUT2D eigenvalue weighted by Crippen LogP contribution is 2.47. The number of primary amides is 1. The van der Waals surface area contributed by atoms with Crippen molar-refractivity contribution in [2.75, 3.05) is 31.2 Å². The van der Waals surface area contributed by atoms with Gasteiger partial charge in [-0.25, -0.2) is 9.37 Å². The Labute approximate surface area is 210 Å². The quantitative estimate of drug-likeness (QED) is 0.535. The number of aryl methyl sites for hydroxylation is 1. The van der Waals surface area contributed by atoms with E-state index in [2.05, 4.69) is 33.6 Å². The van der Waals surface area contributed by atoms with Gasteiger partial charge in [0.2, 0.25) is 5.91 Å². The molecule has 0 unspecified atom stereocenters. The number of nitrogens with zero attached hydrogens (tertiary/aromatic N) is 3. The molecule has 0 spiro atoms. The van der Waals surface area contributed by atoms with Gasteiger partial charge in [-0.1, -0.05) is 12.8 Å². The molecule has 2 aromatic heterocycles. The molecule has 1 aliphatic carbocycles. The molecule has 0 bridgehead atoms. The molecule has 3 aromatic rings. The first kappa shape index (κ1) is 24.0. The molecular weight excluding hydrogens is 455 g/mol. The van der Waals surface area contributed by atoms with Gasteiger partial charge in [0, 0.05) is 53.3 Å². The summed E-state index contributed by atoms with van der Waals surface area (Å²) in [6.45, 7) is 8.53. The van der Waals surface area contributed by atoms with E-state index in [1.54, 1.807) is 31.5 Å². The summed E-state index contributed by atoms with van der Waals surface area (Å²) >= 11 is 0. The largest absolute Gasteiger partial charge is 0.378 e. The highest BCUT2D eigenvalue weighted by Gasteiger charge is 2.41. The molecule has 7 heteroatoms. The molecule has 2 fully saturated rings. The van der Waals surface area contributed by atoms with Crippen molar-refractivity contribution in [2.45, 2.75) is 39.0 Å². The van der Waals surface area contributed by atoms with E-state index < -0.39 is 11.7 Å². The maximum absolute atomic E-state index is 15.3. The number of benzene rings is 1. The molecule has 1 saturated carbocycles. The van der Waals surface area contributed by atoms with Crippen molar-refractivity contribution in [3.8, 4) is 34.1 Å². The van der Waals surface area contributed by atoms with Crippen molar-refractivity contribution < 1.29 is 13.9 Å². The van der Waals surface area contributed by atoms with E-state index in [0.717, 1.165) is 54.0 Å². The molecule has 5 rings (SSSR count). The van der Waals surface area contributed by atoms with E-state index in [9.17, 15) is 4.79 Å². The van der Waals surface area contributed by atoms with Crippen LogP contribution in [-0.2, 0) is 10.2 Å². The molecule has 1 aromatic carbocycles. The molecule has 0 radical (unpaired) electrons. The first-order valence-corrected chi connectivity index (χ1v) is 12.2. The first-order chi connectivity index (χ1) is 17.3. The Bertz CT molecular complexity index is 1410. The van der Waals surface area contributed by atoms with E-state index in [1.165, 1.54) is 6.07 Å². The average Bonchev–Trinajstić information content (AvgIpc) is 3.63. The van der Waals surface area contributed by atoms with Gasteiger partial charge in [-0.15, -0.1) is 0 Å². The van der Waals surface area contributed by atoms with Crippen molar-refractivity contribution in [1.82, 2.24) is 9.97 Å². The van der Waals surface area contributed by atoms with Crippen LogP contribution in [-0.4, -0.2) is 42.2 Å². The number of amides is 1. The Morgan fingerprint density at radius 3 is 2.50 bits per heavy atom. The lowest BCUT2D eigenvalue weighted by molar-refractivity contribution is 0.100. The molecule has 3 heterocycles. The monoisotopic (exact) mass is 484 g/mol. The number of ether oxygens (including phenoxy) is 1. The van der Waals surface area contributed by atoms with Gasteiger partial charge in [0.15, 0.2) is 0 Å². The number of pyridine rings is 2. The van der Waals surface area contributed by atoms with E-state index in [-0.39, 0.29) is 16.5 Å². The van der Waals surface area contributed by atoms with Crippen molar-refractivity contribution in [3.05, 3.63) is 65.0 Å². The van der Waals surface area contributed by atoms with Gasteiger partial charge in [-0.3, -0.25) is 9.78 Å². The molecule has 36 heavy (non-hydrogen) atoms. The Kier molecular flexibility index (Phi) is 6.23. The minimum Gasteiger partial charge on any atom is -0.378 e. The molecule has 6 nitrogen and oxygen atoms in total. The third kappa shape index (κ3) is 4.45. The first-order valence-electron chi connectivity index (χ1n) is 12.2. The number of hydrogen-bond acceptors (Lipinski definition) is 5. The number of hydrogen-bond donors (Lipinski definition) is 1. The second-order valence-corrected chi connectivity index (χ2v) is 9.75. The van der Waals surface area contributed by atoms with Gasteiger partial charge in [0.1, 0.15) is 11.5 Å². The maximum Gasteiger partial charge on any atom is 0.249 e. The van der Waals surface area contributed by atoms with Crippen LogP contribution in [0.15, 0.2) is 36.7 Å². The number of rotatable bonds is 5. The Hall–Kier alpha value is -3.76. The smallest absolute Gasteiger partial charge is 0.249 e. The normalized spacial score (nSPS) is 16.3. The van der Waals surface area contributed by atoms with Crippen LogP contribution in [0.5, 0.6) is 0 Å². The predicted molar refractivity (Wildman–Crippen MR) is 138 cm³/mol. The zero-order valence-corrected chi connectivity index (χ0v) is 20.8. The summed E-state index contributed by atoms with van der Waals surface area (Å²) in [6, 6.07) is 7.02. The molecule has 184 valence electrons. The van der Waals surface area contributed by atoms with Gasteiger partial charge in [-0.2, -0.15) is 0 Å². The topological polar surface area (TPSA) is 81.3 Å². The second-order valence-electron chi connectivity index (χ2n) is 9.75. The van der Waals surface area contributed by atoms with Crippen LogP contribution in [0.1, 0.15) is 54.0 Å². The summed E-state index contributed by atoms with van der Waals surface area (Å²) in [5.41, 5.74) is 11.5. The van der Waals surface area contributed by atoms with Crippen LogP contribution >= 0.6 is 0 Å². The second kappa shape index (κ2) is 9.36. The minimum absolute atomic E-state index is 0.0373. The Balaban J connectivity index is 1.63. The fraction of sp³-hybridized carbons (Fsp3) is 0.345. The summed E-state index contributed by atoms with van der Waals surface area (Å²) < 4.78 is 20.8. The highest BCUT2D eigenvalue weighted by molar-refractivity contribution is 6.00. The van der Waals surface area contributed by atoms with Crippen LogP contribution in [0.25, 0.3) is 22.3 Å². The summed E-state index contributed by atoms with van der Waals surface area (Å²) in [4.78, 5) is 23.8. The van der Waals surface area contributed by atoms with Gasteiger partial charge < -0.3 is 15.4 Å². The highest BCUT2D eigenvalue weighted by atomic mass is 19.1. The molecular formula is C29H29FN4O2. The maximum atomic E-state index is 15.3.